The van der Waals surface area contributed by atoms with Crippen LogP contribution in [0.15, 0.2) is 6.07 Å². The van der Waals surface area contributed by atoms with Crippen LogP contribution in [0, 0.1) is 5.82 Å². The van der Waals surface area contributed by atoms with E-state index >= 15 is 0 Å². The second kappa shape index (κ2) is 5.03. The summed E-state index contributed by atoms with van der Waals surface area (Å²) in [7, 11) is 4.19. The van der Waals surface area contributed by atoms with Gasteiger partial charge in [-0.15, -0.1) is 0 Å². The average Bonchev–Trinajstić information content (AvgIpc) is 2.27. The first kappa shape index (κ1) is 12.6. The lowest BCUT2D eigenvalue weighted by molar-refractivity contribution is 0.317. The zero-order valence-electron chi connectivity index (χ0n) is 9.83. The molecule has 1 atom stereocenters. The highest BCUT2D eigenvalue weighted by Crippen LogP contribution is 2.40. The van der Waals surface area contributed by atoms with Gasteiger partial charge in [0.15, 0.2) is 11.5 Å². The molecule has 0 radical (unpaired) electrons. The summed E-state index contributed by atoms with van der Waals surface area (Å²) in [6.45, 7) is 1.74. The van der Waals surface area contributed by atoms with Gasteiger partial charge in [0, 0.05) is 11.6 Å². The second-order valence-electron chi connectivity index (χ2n) is 3.34. The highest BCUT2D eigenvalue weighted by atomic mass is 19.1. The number of methoxy groups -OCH3 is 3. The van der Waals surface area contributed by atoms with Gasteiger partial charge in [-0.3, -0.25) is 0 Å². The third-order valence-electron chi connectivity index (χ3n) is 2.29. The third kappa shape index (κ3) is 2.04. The topological polar surface area (TPSA) is 53.7 Å². The number of hydrogen-bond acceptors (Lipinski definition) is 4. The Balaban J connectivity index is 3.47. The number of halogens is 1. The Morgan fingerprint density at radius 1 is 1.12 bits per heavy atom. The zero-order valence-corrected chi connectivity index (χ0v) is 9.83. The molecule has 1 unspecified atom stereocenters. The maximum atomic E-state index is 14.0. The van der Waals surface area contributed by atoms with Crippen molar-refractivity contribution in [2.45, 2.75) is 13.0 Å². The van der Waals surface area contributed by atoms with E-state index in [1.165, 1.54) is 21.3 Å². The van der Waals surface area contributed by atoms with E-state index in [4.69, 9.17) is 19.9 Å². The van der Waals surface area contributed by atoms with E-state index in [0.717, 1.165) is 0 Å². The molecule has 0 aliphatic carbocycles. The van der Waals surface area contributed by atoms with Crippen molar-refractivity contribution in [2.75, 3.05) is 21.3 Å². The minimum atomic E-state index is -0.600. The van der Waals surface area contributed by atoms with Crippen molar-refractivity contribution in [3.8, 4) is 17.2 Å². The molecule has 2 N–H and O–H groups in total. The highest BCUT2D eigenvalue weighted by Gasteiger charge is 2.22. The molecule has 0 aliphatic rings. The van der Waals surface area contributed by atoms with Gasteiger partial charge < -0.3 is 19.9 Å². The van der Waals surface area contributed by atoms with Crippen molar-refractivity contribution < 1.29 is 18.6 Å². The van der Waals surface area contributed by atoms with Crippen molar-refractivity contribution in [2.24, 2.45) is 5.73 Å². The van der Waals surface area contributed by atoms with E-state index < -0.39 is 5.82 Å². The van der Waals surface area contributed by atoms with E-state index in [-0.39, 0.29) is 17.5 Å². The van der Waals surface area contributed by atoms with E-state index in [2.05, 4.69) is 0 Å². The molecule has 1 rings (SSSR count). The summed E-state index contributed by atoms with van der Waals surface area (Å²) in [5, 5.41) is 0. The average molecular weight is 229 g/mol. The van der Waals surface area contributed by atoms with Gasteiger partial charge in [-0.25, -0.2) is 0 Å². The molecular weight excluding hydrogens is 213 g/mol. The Bertz CT molecular complexity index is 380. The maximum absolute atomic E-state index is 14.0. The van der Waals surface area contributed by atoms with E-state index in [0.29, 0.717) is 11.3 Å². The lowest BCUT2D eigenvalue weighted by atomic mass is 10.1. The Kier molecular flexibility index (Phi) is 3.95. The van der Waals surface area contributed by atoms with Gasteiger partial charge in [-0.1, -0.05) is 0 Å². The fourth-order valence-corrected chi connectivity index (χ4v) is 1.50. The Morgan fingerprint density at radius 2 is 1.69 bits per heavy atom. The van der Waals surface area contributed by atoms with Crippen molar-refractivity contribution in [3.63, 3.8) is 0 Å². The van der Waals surface area contributed by atoms with E-state index in [1.807, 2.05) is 0 Å². The van der Waals surface area contributed by atoms with Crippen LogP contribution in [0.5, 0.6) is 17.2 Å². The molecule has 1 aromatic carbocycles. The Morgan fingerprint density at radius 3 is 2.06 bits per heavy atom. The predicted octanol–water partition coefficient (Wildman–Crippen LogP) is 1.87. The van der Waals surface area contributed by atoms with Gasteiger partial charge in [0.2, 0.25) is 11.6 Å². The summed E-state index contributed by atoms with van der Waals surface area (Å²) in [5.74, 6) is -0.193. The molecule has 0 heterocycles. The van der Waals surface area contributed by atoms with Gasteiger partial charge in [0.1, 0.15) is 0 Å². The van der Waals surface area contributed by atoms with Gasteiger partial charge >= 0.3 is 0 Å². The molecule has 0 bridgehead atoms. The first-order valence-corrected chi connectivity index (χ1v) is 4.80. The lowest BCUT2D eigenvalue weighted by Crippen LogP contribution is -2.09. The number of hydrogen-bond donors (Lipinski definition) is 1. The summed E-state index contributed by atoms with van der Waals surface area (Å²) in [6.07, 6.45) is 0. The number of ether oxygens (including phenoxy) is 3. The van der Waals surface area contributed by atoms with Crippen LogP contribution in [-0.2, 0) is 0 Å². The molecule has 90 valence electrons. The smallest absolute Gasteiger partial charge is 0.211 e. The molecule has 0 aliphatic heterocycles. The first-order valence-electron chi connectivity index (χ1n) is 4.80. The van der Waals surface area contributed by atoms with Crippen molar-refractivity contribution in [1.29, 1.82) is 0 Å². The standard InChI is InChI=1S/C11H16FNO3/c1-6(13)7-5-8(14-2)11(16-4)9(12)10(7)15-3/h5-6H,13H2,1-4H3. The van der Waals surface area contributed by atoms with Crippen LogP contribution in [0.4, 0.5) is 4.39 Å². The summed E-state index contributed by atoms with van der Waals surface area (Å²) in [5.41, 5.74) is 6.27. The number of rotatable bonds is 4. The molecule has 5 heteroatoms. The van der Waals surface area contributed by atoms with Gasteiger partial charge in [-0.05, 0) is 13.0 Å². The molecule has 0 amide bonds. The van der Waals surface area contributed by atoms with Gasteiger partial charge in [0.05, 0.1) is 21.3 Å². The quantitative estimate of drug-likeness (QED) is 0.856. The normalized spacial score (nSPS) is 12.1. The van der Waals surface area contributed by atoms with Gasteiger partial charge in [-0.2, -0.15) is 4.39 Å². The second-order valence-corrected chi connectivity index (χ2v) is 3.34. The summed E-state index contributed by atoms with van der Waals surface area (Å²) >= 11 is 0. The van der Waals surface area contributed by atoms with Crippen LogP contribution in [0.3, 0.4) is 0 Å². The Labute approximate surface area is 94.1 Å². The third-order valence-corrected chi connectivity index (χ3v) is 2.29. The van der Waals surface area contributed by atoms with Crippen LogP contribution in [0.2, 0.25) is 0 Å². The fraction of sp³-hybridized carbons (Fsp3) is 0.455. The zero-order chi connectivity index (χ0) is 12.3. The van der Waals surface area contributed by atoms with Crippen molar-refractivity contribution in [3.05, 3.63) is 17.4 Å². The SMILES string of the molecule is COc1cc(C(C)N)c(OC)c(F)c1OC. The largest absolute Gasteiger partial charge is 0.493 e. The maximum Gasteiger partial charge on any atom is 0.211 e. The molecule has 0 spiro atoms. The first-order chi connectivity index (χ1) is 7.56. The molecule has 0 fully saturated rings. The highest BCUT2D eigenvalue weighted by molar-refractivity contribution is 5.53. The summed E-state index contributed by atoms with van der Waals surface area (Å²) < 4.78 is 28.9. The van der Waals surface area contributed by atoms with Crippen LogP contribution >= 0.6 is 0 Å². The van der Waals surface area contributed by atoms with Crippen LogP contribution in [-0.4, -0.2) is 21.3 Å². The Hall–Kier alpha value is -1.49. The van der Waals surface area contributed by atoms with Crippen molar-refractivity contribution in [1.82, 2.24) is 0 Å². The molecule has 0 saturated heterocycles. The minimum Gasteiger partial charge on any atom is -0.493 e. The monoisotopic (exact) mass is 229 g/mol. The van der Waals surface area contributed by atoms with Crippen molar-refractivity contribution >= 4 is 0 Å². The molecule has 4 nitrogen and oxygen atoms in total. The molecule has 16 heavy (non-hydrogen) atoms. The fourth-order valence-electron chi connectivity index (χ4n) is 1.50. The number of benzene rings is 1. The van der Waals surface area contributed by atoms with Crippen LogP contribution in [0.25, 0.3) is 0 Å². The van der Waals surface area contributed by atoms with Gasteiger partial charge in [0.25, 0.3) is 0 Å². The van der Waals surface area contributed by atoms with E-state index in [1.54, 1.807) is 13.0 Å². The van der Waals surface area contributed by atoms with E-state index in [9.17, 15) is 4.39 Å². The lowest BCUT2D eigenvalue weighted by Gasteiger charge is -2.17. The van der Waals surface area contributed by atoms with Crippen LogP contribution < -0.4 is 19.9 Å². The summed E-state index contributed by atoms with van der Waals surface area (Å²) in [4.78, 5) is 0. The van der Waals surface area contributed by atoms with Crippen LogP contribution in [0.1, 0.15) is 18.5 Å². The number of nitrogens with two attached hydrogens (primary N) is 1. The molecule has 0 aromatic heterocycles. The molecule has 1 aromatic rings. The predicted molar refractivity (Wildman–Crippen MR) is 58.7 cm³/mol. The molecule has 0 saturated carbocycles. The minimum absolute atomic E-state index is 0.0174. The summed E-state index contributed by atoms with van der Waals surface area (Å²) in [6, 6.07) is 1.26. The molecular formula is C11H16FNO3.